The molecule has 0 fully saturated rings. The van der Waals surface area contributed by atoms with E-state index < -0.39 is 0 Å². The number of hydrogen-bond donors (Lipinski definition) is 0. The van der Waals surface area contributed by atoms with Crippen molar-refractivity contribution in [2.24, 2.45) is 0 Å². The van der Waals surface area contributed by atoms with Crippen LogP contribution in [0.15, 0.2) is 162 Å². The maximum atomic E-state index is 6.56. The zero-order chi connectivity index (χ0) is 34.8. The molecule has 0 amide bonds. The monoisotopic (exact) mass is 668 g/mol. The fourth-order valence-corrected chi connectivity index (χ4v) is 7.65. The lowest BCUT2D eigenvalue weighted by Gasteiger charge is -2.22. The minimum absolute atomic E-state index is 0.203. The van der Waals surface area contributed by atoms with Crippen molar-refractivity contribution in [1.82, 2.24) is 19.9 Å². The Bertz CT molecular complexity index is 2730. The molecule has 0 bridgehead atoms. The average Bonchev–Trinajstić information content (AvgIpc) is 3.75. The Kier molecular flexibility index (Phi) is 6.77. The van der Waals surface area contributed by atoms with Gasteiger partial charge in [0, 0.05) is 33.1 Å². The van der Waals surface area contributed by atoms with E-state index in [9.17, 15) is 0 Å². The quantitative estimate of drug-likeness (QED) is 0.183. The van der Waals surface area contributed by atoms with Crippen molar-refractivity contribution < 1.29 is 4.42 Å². The first-order chi connectivity index (χ1) is 25.5. The van der Waals surface area contributed by atoms with Gasteiger partial charge in [-0.05, 0) is 63.0 Å². The summed E-state index contributed by atoms with van der Waals surface area (Å²) in [6.07, 6.45) is 0. The van der Waals surface area contributed by atoms with Crippen LogP contribution in [0.3, 0.4) is 0 Å². The van der Waals surface area contributed by atoms with E-state index in [-0.39, 0.29) is 5.41 Å². The van der Waals surface area contributed by atoms with Crippen molar-refractivity contribution in [3.05, 3.63) is 169 Å². The fraction of sp³-hybridized carbons (Fsp3) is 0.0638. The number of benzene rings is 7. The molecule has 246 valence electrons. The van der Waals surface area contributed by atoms with Gasteiger partial charge >= 0.3 is 0 Å². The molecular weight excluding hydrogens is 637 g/mol. The van der Waals surface area contributed by atoms with E-state index in [2.05, 4.69) is 80.6 Å². The molecule has 0 saturated heterocycles. The predicted octanol–water partition coefficient (Wildman–Crippen LogP) is 11.8. The number of nitrogens with zero attached hydrogens (tertiary/aromatic N) is 4. The smallest absolute Gasteiger partial charge is 0.227 e. The number of aromatic nitrogens is 4. The minimum Gasteiger partial charge on any atom is -0.435 e. The topological polar surface area (TPSA) is 64.7 Å². The van der Waals surface area contributed by atoms with Crippen LogP contribution in [0.2, 0.25) is 0 Å². The molecule has 0 unspecified atom stereocenters. The Balaban J connectivity index is 1.05. The van der Waals surface area contributed by atoms with Gasteiger partial charge in [0.1, 0.15) is 5.52 Å². The normalized spacial score (nSPS) is 13.0. The van der Waals surface area contributed by atoms with Gasteiger partial charge in [0.2, 0.25) is 5.89 Å². The van der Waals surface area contributed by atoms with Crippen molar-refractivity contribution >= 4 is 21.9 Å². The number of hydrogen-bond acceptors (Lipinski definition) is 5. The maximum Gasteiger partial charge on any atom is 0.227 e. The van der Waals surface area contributed by atoms with Crippen LogP contribution in [0.5, 0.6) is 0 Å². The number of oxazole rings is 1. The van der Waals surface area contributed by atoms with Gasteiger partial charge in [-0.2, -0.15) is 0 Å². The maximum absolute atomic E-state index is 6.56. The lowest BCUT2D eigenvalue weighted by molar-refractivity contribution is 0.623. The molecule has 0 N–H and O–H groups in total. The van der Waals surface area contributed by atoms with Gasteiger partial charge in [-0.15, -0.1) is 0 Å². The molecule has 0 spiro atoms. The summed E-state index contributed by atoms with van der Waals surface area (Å²) in [6, 6.07) is 54.4. The minimum atomic E-state index is -0.203. The summed E-state index contributed by atoms with van der Waals surface area (Å²) >= 11 is 0. The Hall–Kier alpha value is -6.72. The third kappa shape index (κ3) is 4.85. The summed E-state index contributed by atoms with van der Waals surface area (Å²) in [5.41, 5.74) is 12.7. The van der Waals surface area contributed by atoms with E-state index in [0.29, 0.717) is 23.4 Å². The molecule has 5 heteroatoms. The highest BCUT2D eigenvalue weighted by atomic mass is 16.3. The molecule has 10 rings (SSSR count). The largest absolute Gasteiger partial charge is 0.435 e. The predicted molar refractivity (Wildman–Crippen MR) is 210 cm³/mol. The summed E-state index contributed by atoms with van der Waals surface area (Å²) < 4.78 is 6.56. The van der Waals surface area contributed by atoms with Crippen LogP contribution in [-0.4, -0.2) is 19.9 Å². The van der Waals surface area contributed by atoms with Crippen LogP contribution in [0.25, 0.3) is 89.7 Å². The first-order valence-electron chi connectivity index (χ1n) is 17.6. The lowest BCUT2D eigenvalue weighted by Crippen LogP contribution is -2.15. The summed E-state index contributed by atoms with van der Waals surface area (Å²) in [5.74, 6) is 2.59. The van der Waals surface area contributed by atoms with Gasteiger partial charge in [-0.3, -0.25) is 0 Å². The third-order valence-corrected chi connectivity index (χ3v) is 10.4. The zero-order valence-corrected chi connectivity index (χ0v) is 28.7. The van der Waals surface area contributed by atoms with Crippen LogP contribution in [-0.2, 0) is 5.41 Å². The second-order valence-electron chi connectivity index (χ2n) is 13.9. The average molecular weight is 669 g/mol. The summed E-state index contributed by atoms with van der Waals surface area (Å²) in [5, 5.41) is 2.27. The molecule has 52 heavy (non-hydrogen) atoms. The lowest BCUT2D eigenvalue weighted by atomic mass is 9.81. The number of fused-ring (bicyclic) bond motifs is 7. The van der Waals surface area contributed by atoms with Crippen molar-refractivity contribution in [2.45, 2.75) is 19.3 Å². The van der Waals surface area contributed by atoms with Crippen LogP contribution < -0.4 is 0 Å². The summed E-state index contributed by atoms with van der Waals surface area (Å²) in [4.78, 5) is 19.6. The molecule has 7 aromatic carbocycles. The first-order valence-corrected chi connectivity index (χ1v) is 17.6. The van der Waals surface area contributed by atoms with E-state index in [0.717, 1.165) is 55.3 Å². The fourth-order valence-electron chi connectivity index (χ4n) is 7.65. The van der Waals surface area contributed by atoms with E-state index in [1.807, 2.05) is 91.0 Å². The first kappa shape index (κ1) is 30.1. The van der Waals surface area contributed by atoms with Crippen LogP contribution in [0, 0.1) is 0 Å². The van der Waals surface area contributed by atoms with Crippen LogP contribution in [0.1, 0.15) is 25.0 Å². The van der Waals surface area contributed by atoms with Gasteiger partial charge in [0.25, 0.3) is 0 Å². The molecule has 2 aromatic heterocycles. The molecule has 1 aliphatic rings. The molecule has 0 saturated carbocycles. The van der Waals surface area contributed by atoms with Gasteiger partial charge in [-0.1, -0.05) is 147 Å². The molecule has 2 heterocycles. The van der Waals surface area contributed by atoms with E-state index in [1.54, 1.807) is 0 Å². The van der Waals surface area contributed by atoms with Gasteiger partial charge in [0.15, 0.2) is 23.1 Å². The van der Waals surface area contributed by atoms with E-state index in [1.165, 1.54) is 22.3 Å². The highest BCUT2D eigenvalue weighted by molar-refractivity contribution is 6.14. The van der Waals surface area contributed by atoms with Gasteiger partial charge in [-0.25, -0.2) is 19.9 Å². The molecule has 5 nitrogen and oxygen atoms in total. The molecule has 0 radical (unpaired) electrons. The standard InChI is InChI=1S/C47H32N4O/c1-47(2)37-26-23-30-24-27-39-42(52-46(48-39)34-16-10-5-11-17-34)40(30)41(37)36-25-22-35(28-38(36)47)29-18-20-33(21-19-29)45-50-43(31-12-6-3-7-13-31)49-44(51-45)32-14-8-4-9-15-32/h3-28H,1-2H3. The molecule has 9 aromatic rings. The summed E-state index contributed by atoms with van der Waals surface area (Å²) in [6.45, 7) is 4.64. The van der Waals surface area contributed by atoms with Crippen LogP contribution >= 0.6 is 0 Å². The second-order valence-corrected chi connectivity index (χ2v) is 13.9. The van der Waals surface area contributed by atoms with Crippen molar-refractivity contribution in [3.8, 4) is 67.9 Å². The SMILES string of the molecule is CC1(C)c2cc(-c3ccc(-c4nc(-c5ccccc5)nc(-c5ccccc5)n4)cc3)ccc2-c2c1ccc1ccc3nc(-c4ccccc4)oc3c21. The Morgan fingerprint density at radius 2 is 0.962 bits per heavy atom. The van der Waals surface area contributed by atoms with Crippen molar-refractivity contribution in [3.63, 3.8) is 0 Å². The molecule has 1 aliphatic carbocycles. The van der Waals surface area contributed by atoms with Gasteiger partial charge < -0.3 is 4.42 Å². The molecule has 0 aliphatic heterocycles. The highest BCUT2D eigenvalue weighted by Gasteiger charge is 2.37. The Morgan fingerprint density at radius 3 is 1.58 bits per heavy atom. The van der Waals surface area contributed by atoms with Gasteiger partial charge in [0.05, 0.1) is 0 Å². The van der Waals surface area contributed by atoms with Crippen molar-refractivity contribution in [2.75, 3.05) is 0 Å². The van der Waals surface area contributed by atoms with Crippen molar-refractivity contribution in [1.29, 1.82) is 0 Å². The number of rotatable bonds is 5. The molecular formula is C47H32N4O. The zero-order valence-electron chi connectivity index (χ0n) is 28.7. The molecule has 0 atom stereocenters. The Labute approximate surface area is 301 Å². The van der Waals surface area contributed by atoms with E-state index >= 15 is 0 Å². The van der Waals surface area contributed by atoms with Crippen LogP contribution in [0.4, 0.5) is 0 Å². The van der Waals surface area contributed by atoms with E-state index in [4.69, 9.17) is 24.4 Å². The summed E-state index contributed by atoms with van der Waals surface area (Å²) in [7, 11) is 0. The Morgan fingerprint density at radius 1 is 0.442 bits per heavy atom. The highest BCUT2D eigenvalue weighted by Crippen LogP contribution is 2.53. The second kappa shape index (κ2) is 11.7. The third-order valence-electron chi connectivity index (χ3n) is 10.4.